The molecule has 2 heterocycles. The van der Waals surface area contributed by atoms with E-state index in [0.29, 0.717) is 12.6 Å². The molecule has 0 atom stereocenters. The molecule has 26 heavy (non-hydrogen) atoms. The molecule has 1 fully saturated rings. The summed E-state index contributed by atoms with van der Waals surface area (Å²) >= 11 is 3.62. The number of rotatable bonds is 5. The van der Waals surface area contributed by atoms with Crippen molar-refractivity contribution in [1.29, 1.82) is 0 Å². The van der Waals surface area contributed by atoms with Gasteiger partial charge in [0.05, 0.1) is 23.1 Å². The Morgan fingerprint density at radius 3 is 2.69 bits per heavy atom. The first-order valence-corrected chi connectivity index (χ1v) is 9.54. The van der Waals surface area contributed by atoms with E-state index in [2.05, 4.69) is 32.9 Å². The number of halogens is 1. The largest absolute Gasteiger partial charge is 0.497 e. The Morgan fingerprint density at radius 2 is 1.96 bits per heavy atom. The molecule has 0 amide bonds. The highest BCUT2D eigenvalue weighted by Crippen LogP contribution is 2.32. The average molecular weight is 417 g/mol. The van der Waals surface area contributed by atoms with Crippen LogP contribution in [0.5, 0.6) is 11.5 Å². The second-order valence-electron chi connectivity index (χ2n) is 6.43. The highest BCUT2D eigenvalue weighted by molar-refractivity contribution is 9.10. The molecule has 1 aromatic heterocycles. The molecule has 136 valence electrons. The van der Waals surface area contributed by atoms with Crippen LogP contribution in [0.4, 0.5) is 0 Å². The van der Waals surface area contributed by atoms with Crippen LogP contribution in [0.15, 0.2) is 47.1 Å². The monoisotopic (exact) mass is 416 g/mol. The van der Waals surface area contributed by atoms with Crippen molar-refractivity contribution in [2.45, 2.75) is 25.5 Å². The second kappa shape index (κ2) is 7.68. The van der Waals surface area contributed by atoms with E-state index < -0.39 is 0 Å². The molecule has 0 bridgehead atoms. The van der Waals surface area contributed by atoms with Crippen LogP contribution < -0.4 is 9.47 Å². The zero-order valence-electron chi connectivity index (χ0n) is 14.7. The fourth-order valence-corrected chi connectivity index (χ4v) is 3.65. The molecule has 0 N–H and O–H groups in total. The molecule has 6 heteroatoms. The van der Waals surface area contributed by atoms with Crippen molar-refractivity contribution in [3.05, 3.63) is 52.6 Å². The molecular weight excluding hydrogens is 396 g/mol. The van der Waals surface area contributed by atoms with Gasteiger partial charge < -0.3 is 14.2 Å². The normalized spacial score (nSPS) is 15.3. The molecule has 1 saturated heterocycles. The van der Waals surface area contributed by atoms with E-state index in [1.807, 2.05) is 30.3 Å². The lowest BCUT2D eigenvalue weighted by atomic mass is 10.1. The SMILES string of the molecule is COc1ccc(COc2cc3nn(C4CCOCC4)cc3cc2Br)cc1. The quantitative estimate of drug-likeness (QED) is 0.602. The summed E-state index contributed by atoms with van der Waals surface area (Å²) in [7, 11) is 1.66. The highest BCUT2D eigenvalue weighted by Gasteiger charge is 2.17. The number of aromatic nitrogens is 2. The fraction of sp³-hybridized carbons (Fsp3) is 0.350. The van der Waals surface area contributed by atoms with E-state index in [-0.39, 0.29) is 0 Å². The van der Waals surface area contributed by atoms with Gasteiger partial charge in [0, 0.05) is 30.9 Å². The van der Waals surface area contributed by atoms with Crippen molar-refractivity contribution in [3.63, 3.8) is 0 Å². The number of ether oxygens (including phenoxy) is 3. The van der Waals surface area contributed by atoms with Gasteiger partial charge in [-0.1, -0.05) is 12.1 Å². The maximum atomic E-state index is 6.00. The number of hydrogen-bond acceptors (Lipinski definition) is 4. The van der Waals surface area contributed by atoms with Gasteiger partial charge in [0.1, 0.15) is 18.1 Å². The molecule has 1 aliphatic heterocycles. The summed E-state index contributed by atoms with van der Waals surface area (Å²) in [6.45, 7) is 2.11. The topological polar surface area (TPSA) is 45.5 Å². The van der Waals surface area contributed by atoms with Crippen molar-refractivity contribution < 1.29 is 14.2 Å². The van der Waals surface area contributed by atoms with Gasteiger partial charge in [0.2, 0.25) is 0 Å². The van der Waals surface area contributed by atoms with Gasteiger partial charge in [-0.05, 0) is 52.5 Å². The highest BCUT2D eigenvalue weighted by atomic mass is 79.9. The summed E-state index contributed by atoms with van der Waals surface area (Å²) in [4.78, 5) is 0. The van der Waals surface area contributed by atoms with Crippen LogP contribution in [0.25, 0.3) is 10.9 Å². The minimum Gasteiger partial charge on any atom is -0.497 e. The lowest BCUT2D eigenvalue weighted by Gasteiger charge is -2.22. The Labute approximate surface area is 161 Å². The summed E-state index contributed by atoms with van der Waals surface area (Å²) in [6, 6.07) is 12.4. The van der Waals surface area contributed by atoms with Crippen LogP contribution in [-0.4, -0.2) is 30.1 Å². The van der Waals surface area contributed by atoms with Gasteiger partial charge in [0.15, 0.2) is 0 Å². The fourth-order valence-electron chi connectivity index (χ4n) is 3.17. The lowest BCUT2D eigenvalue weighted by molar-refractivity contribution is 0.0664. The molecule has 5 nitrogen and oxygen atoms in total. The Kier molecular flexibility index (Phi) is 5.13. The van der Waals surface area contributed by atoms with E-state index in [1.54, 1.807) is 7.11 Å². The molecule has 0 spiro atoms. The zero-order chi connectivity index (χ0) is 17.9. The van der Waals surface area contributed by atoms with Crippen molar-refractivity contribution in [2.75, 3.05) is 20.3 Å². The predicted molar refractivity (Wildman–Crippen MR) is 104 cm³/mol. The molecule has 0 saturated carbocycles. The minimum absolute atomic E-state index is 0.415. The first-order chi connectivity index (χ1) is 12.7. The number of benzene rings is 2. The van der Waals surface area contributed by atoms with Crippen molar-refractivity contribution >= 4 is 26.8 Å². The van der Waals surface area contributed by atoms with Crippen molar-refractivity contribution in [1.82, 2.24) is 9.78 Å². The molecule has 1 aliphatic rings. The molecular formula is C20H21BrN2O3. The van der Waals surface area contributed by atoms with E-state index in [9.17, 15) is 0 Å². The minimum atomic E-state index is 0.415. The maximum Gasteiger partial charge on any atom is 0.136 e. The zero-order valence-corrected chi connectivity index (χ0v) is 16.2. The summed E-state index contributed by atoms with van der Waals surface area (Å²) < 4.78 is 19.6. The van der Waals surface area contributed by atoms with Gasteiger partial charge >= 0.3 is 0 Å². The average Bonchev–Trinajstić information content (AvgIpc) is 3.10. The van der Waals surface area contributed by atoms with Crippen LogP contribution in [0.1, 0.15) is 24.4 Å². The standard InChI is InChI=1S/C20H21BrN2O3/c1-24-17-4-2-14(3-5-17)13-26-20-11-19-15(10-18(20)21)12-23(22-19)16-6-8-25-9-7-16/h2-5,10-12,16H,6-9,13H2,1H3. The molecule has 2 aromatic carbocycles. The van der Waals surface area contributed by atoms with Crippen LogP contribution >= 0.6 is 15.9 Å². The van der Waals surface area contributed by atoms with Gasteiger partial charge in [-0.25, -0.2) is 0 Å². The first kappa shape index (κ1) is 17.4. The Bertz CT molecular complexity index is 886. The summed E-state index contributed by atoms with van der Waals surface area (Å²) in [5.74, 6) is 1.64. The van der Waals surface area contributed by atoms with Gasteiger partial charge in [-0.15, -0.1) is 0 Å². The number of methoxy groups -OCH3 is 1. The third-order valence-corrected chi connectivity index (χ3v) is 5.31. The summed E-state index contributed by atoms with van der Waals surface area (Å²) in [6.07, 6.45) is 4.13. The molecule has 0 radical (unpaired) electrons. The number of hydrogen-bond donors (Lipinski definition) is 0. The smallest absolute Gasteiger partial charge is 0.136 e. The Morgan fingerprint density at radius 1 is 1.19 bits per heavy atom. The van der Waals surface area contributed by atoms with Crippen LogP contribution in [0.2, 0.25) is 0 Å². The Balaban J connectivity index is 1.52. The van der Waals surface area contributed by atoms with Gasteiger partial charge in [-0.2, -0.15) is 5.10 Å². The second-order valence-corrected chi connectivity index (χ2v) is 7.29. The van der Waals surface area contributed by atoms with E-state index >= 15 is 0 Å². The lowest BCUT2D eigenvalue weighted by Crippen LogP contribution is -2.19. The molecule has 0 unspecified atom stereocenters. The Hall–Kier alpha value is -2.05. The third-order valence-electron chi connectivity index (χ3n) is 4.69. The van der Waals surface area contributed by atoms with E-state index in [4.69, 9.17) is 19.3 Å². The molecule has 4 rings (SSSR count). The van der Waals surface area contributed by atoms with Crippen LogP contribution in [-0.2, 0) is 11.3 Å². The van der Waals surface area contributed by atoms with Crippen molar-refractivity contribution in [3.8, 4) is 11.5 Å². The van der Waals surface area contributed by atoms with E-state index in [0.717, 1.165) is 58.5 Å². The molecule has 0 aliphatic carbocycles. The van der Waals surface area contributed by atoms with Crippen LogP contribution in [0, 0.1) is 0 Å². The van der Waals surface area contributed by atoms with Crippen LogP contribution in [0.3, 0.4) is 0 Å². The third kappa shape index (κ3) is 3.71. The van der Waals surface area contributed by atoms with Gasteiger partial charge in [-0.3, -0.25) is 4.68 Å². The first-order valence-electron chi connectivity index (χ1n) is 8.75. The number of nitrogens with zero attached hydrogens (tertiary/aromatic N) is 2. The van der Waals surface area contributed by atoms with Gasteiger partial charge in [0.25, 0.3) is 0 Å². The summed E-state index contributed by atoms with van der Waals surface area (Å²) in [5.41, 5.74) is 2.04. The van der Waals surface area contributed by atoms with Crippen molar-refractivity contribution in [2.24, 2.45) is 0 Å². The molecule has 3 aromatic rings. The summed E-state index contributed by atoms with van der Waals surface area (Å²) in [5, 5.41) is 5.87. The van der Waals surface area contributed by atoms with E-state index in [1.165, 1.54) is 0 Å². The number of fused-ring (bicyclic) bond motifs is 1. The predicted octanol–water partition coefficient (Wildman–Crippen LogP) is 4.74. The maximum absolute atomic E-state index is 6.00.